The van der Waals surface area contributed by atoms with Crippen molar-refractivity contribution in [2.24, 2.45) is 5.41 Å². The zero-order valence-electron chi connectivity index (χ0n) is 11.7. The first kappa shape index (κ1) is 14.3. The van der Waals surface area contributed by atoms with Crippen molar-refractivity contribution in [2.75, 3.05) is 13.1 Å². The van der Waals surface area contributed by atoms with Crippen LogP contribution in [0.25, 0.3) is 0 Å². The molecule has 2 nitrogen and oxygen atoms in total. The molecule has 2 heterocycles. The lowest BCUT2D eigenvalue weighted by Gasteiger charge is -2.45. The molecule has 1 saturated heterocycles. The van der Waals surface area contributed by atoms with E-state index < -0.39 is 0 Å². The molecule has 4 heteroatoms. The Balaban J connectivity index is 2.10. The molecule has 0 aromatic carbocycles. The van der Waals surface area contributed by atoms with Gasteiger partial charge in [0.15, 0.2) is 0 Å². The molecule has 1 aromatic heterocycles. The molecule has 0 bridgehead atoms. The van der Waals surface area contributed by atoms with E-state index in [1.165, 1.54) is 4.88 Å². The largest absolute Gasteiger partial charge is 0.311 e. The highest BCUT2D eigenvalue weighted by Crippen LogP contribution is 2.30. The summed E-state index contributed by atoms with van der Waals surface area (Å²) in [6.07, 6.45) is 0. The lowest BCUT2D eigenvalue weighted by molar-refractivity contribution is 0.0534. The van der Waals surface area contributed by atoms with Gasteiger partial charge in [0.05, 0.1) is 4.34 Å². The van der Waals surface area contributed by atoms with Crippen molar-refractivity contribution in [3.63, 3.8) is 0 Å². The average Bonchev–Trinajstić information content (AvgIpc) is 2.62. The van der Waals surface area contributed by atoms with E-state index in [1.807, 2.05) is 6.07 Å². The summed E-state index contributed by atoms with van der Waals surface area (Å²) in [6.45, 7) is 12.4. The molecule has 0 spiro atoms. The first-order valence-corrected chi connectivity index (χ1v) is 7.77. The molecule has 0 radical (unpaired) electrons. The fourth-order valence-electron chi connectivity index (χ4n) is 2.65. The van der Waals surface area contributed by atoms with E-state index in [4.69, 9.17) is 11.6 Å². The standard InChI is InChI=1S/C14H23ClN2S/c1-10-8-17(9-11-5-6-13(15)18-11)12(7-16-10)14(2,3)4/h5-6,10,12,16H,7-9H2,1-4H3. The smallest absolute Gasteiger partial charge is 0.0931 e. The average molecular weight is 287 g/mol. The second kappa shape index (κ2) is 5.49. The molecule has 1 aromatic rings. The monoisotopic (exact) mass is 286 g/mol. The van der Waals surface area contributed by atoms with Gasteiger partial charge in [0.1, 0.15) is 0 Å². The molecular formula is C14H23ClN2S. The van der Waals surface area contributed by atoms with Crippen LogP contribution in [0.5, 0.6) is 0 Å². The Kier molecular flexibility index (Phi) is 4.37. The SMILES string of the molecule is CC1CN(Cc2ccc(Cl)s2)C(C(C)(C)C)CN1. The van der Waals surface area contributed by atoms with Crippen LogP contribution in [0, 0.1) is 5.41 Å². The van der Waals surface area contributed by atoms with E-state index in [1.54, 1.807) is 11.3 Å². The van der Waals surface area contributed by atoms with Crippen LogP contribution in [-0.2, 0) is 6.54 Å². The zero-order valence-corrected chi connectivity index (χ0v) is 13.2. The molecule has 2 rings (SSSR count). The maximum absolute atomic E-state index is 6.02. The van der Waals surface area contributed by atoms with E-state index >= 15 is 0 Å². The molecule has 2 atom stereocenters. The van der Waals surface area contributed by atoms with Crippen LogP contribution in [0.1, 0.15) is 32.6 Å². The van der Waals surface area contributed by atoms with E-state index in [0.717, 1.165) is 24.0 Å². The quantitative estimate of drug-likeness (QED) is 0.893. The topological polar surface area (TPSA) is 15.3 Å². The van der Waals surface area contributed by atoms with Gasteiger partial charge in [0.2, 0.25) is 0 Å². The number of rotatable bonds is 2. The van der Waals surface area contributed by atoms with Gasteiger partial charge in [-0.3, -0.25) is 4.90 Å². The Morgan fingerprint density at radius 1 is 1.44 bits per heavy atom. The summed E-state index contributed by atoms with van der Waals surface area (Å²) in [7, 11) is 0. The zero-order chi connectivity index (χ0) is 13.3. The molecule has 18 heavy (non-hydrogen) atoms. The normalized spacial score (nSPS) is 26.5. The minimum atomic E-state index is 0.300. The van der Waals surface area contributed by atoms with Crippen LogP contribution in [0.2, 0.25) is 4.34 Å². The second-order valence-corrected chi connectivity index (χ2v) is 8.13. The van der Waals surface area contributed by atoms with Gasteiger partial charge in [-0.05, 0) is 24.5 Å². The third kappa shape index (κ3) is 3.47. The Morgan fingerprint density at radius 3 is 2.72 bits per heavy atom. The lowest BCUT2D eigenvalue weighted by Crippen LogP contribution is -2.59. The highest BCUT2D eigenvalue weighted by atomic mass is 35.5. The van der Waals surface area contributed by atoms with Gasteiger partial charge in [-0.2, -0.15) is 0 Å². The Morgan fingerprint density at radius 2 is 2.17 bits per heavy atom. The molecule has 1 fully saturated rings. The van der Waals surface area contributed by atoms with Crippen molar-refractivity contribution < 1.29 is 0 Å². The van der Waals surface area contributed by atoms with Crippen molar-refractivity contribution in [1.82, 2.24) is 10.2 Å². The number of thiophene rings is 1. The maximum Gasteiger partial charge on any atom is 0.0931 e. The van der Waals surface area contributed by atoms with Crippen LogP contribution in [0.4, 0.5) is 0 Å². The summed E-state index contributed by atoms with van der Waals surface area (Å²) < 4.78 is 0.889. The van der Waals surface area contributed by atoms with Crippen LogP contribution in [0.15, 0.2) is 12.1 Å². The molecular weight excluding hydrogens is 264 g/mol. The minimum Gasteiger partial charge on any atom is -0.311 e. The highest BCUT2D eigenvalue weighted by Gasteiger charge is 2.34. The Bertz CT molecular complexity index is 397. The molecule has 0 aliphatic carbocycles. The van der Waals surface area contributed by atoms with Crippen LogP contribution < -0.4 is 5.32 Å². The third-order valence-electron chi connectivity index (χ3n) is 3.60. The fourth-order valence-corrected chi connectivity index (χ4v) is 3.76. The van der Waals surface area contributed by atoms with Gasteiger partial charge in [0, 0.05) is 36.6 Å². The van der Waals surface area contributed by atoms with Crippen molar-refractivity contribution in [2.45, 2.75) is 46.3 Å². The van der Waals surface area contributed by atoms with Gasteiger partial charge in [0.25, 0.3) is 0 Å². The van der Waals surface area contributed by atoms with Crippen molar-refractivity contribution in [3.8, 4) is 0 Å². The predicted octanol–water partition coefficient (Wildman–Crippen LogP) is 3.61. The van der Waals surface area contributed by atoms with E-state index in [9.17, 15) is 0 Å². The predicted molar refractivity (Wildman–Crippen MR) is 80.4 cm³/mol. The number of nitrogens with one attached hydrogen (secondary N) is 1. The van der Waals surface area contributed by atoms with Gasteiger partial charge in [-0.1, -0.05) is 32.4 Å². The maximum atomic E-state index is 6.02. The summed E-state index contributed by atoms with van der Waals surface area (Å²) in [5.41, 5.74) is 0.300. The van der Waals surface area contributed by atoms with E-state index in [2.05, 4.69) is 44.0 Å². The minimum absolute atomic E-state index is 0.300. The molecule has 2 unspecified atom stereocenters. The third-order valence-corrected chi connectivity index (χ3v) is 4.81. The van der Waals surface area contributed by atoms with Crippen LogP contribution >= 0.6 is 22.9 Å². The summed E-state index contributed by atoms with van der Waals surface area (Å²) in [5, 5.41) is 3.60. The summed E-state index contributed by atoms with van der Waals surface area (Å²) >= 11 is 7.72. The molecule has 1 aliphatic heterocycles. The molecule has 0 amide bonds. The first-order chi connectivity index (χ1) is 8.36. The number of hydrogen-bond donors (Lipinski definition) is 1. The number of piperazine rings is 1. The lowest BCUT2D eigenvalue weighted by atomic mass is 9.84. The summed E-state index contributed by atoms with van der Waals surface area (Å²) in [5.74, 6) is 0. The molecule has 1 N–H and O–H groups in total. The fraction of sp³-hybridized carbons (Fsp3) is 0.714. The first-order valence-electron chi connectivity index (χ1n) is 6.58. The van der Waals surface area contributed by atoms with Gasteiger partial charge in [-0.25, -0.2) is 0 Å². The van der Waals surface area contributed by atoms with Gasteiger partial charge >= 0.3 is 0 Å². The number of hydrogen-bond acceptors (Lipinski definition) is 3. The summed E-state index contributed by atoms with van der Waals surface area (Å²) in [6, 6.07) is 5.30. The van der Waals surface area contributed by atoms with Crippen LogP contribution in [0.3, 0.4) is 0 Å². The highest BCUT2D eigenvalue weighted by molar-refractivity contribution is 7.16. The number of halogens is 1. The second-order valence-electron chi connectivity index (χ2n) is 6.33. The Hall–Kier alpha value is -0.0900. The van der Waals surface area contributed by atoms with E-state index in [0.29, 0.717) is 17.5 Å². The van der Waals surface area contributed by atoms with Crippen LogP contribution in [-0.4, -0.2) is 30.1 Å². The number of nitrogens with zero attached hydrogens (tertiary/aromatic N) is 1. The van der Waals surface area contributed by atoms with Gasteiger partial charge < -0.3 is 5.32 Å². The van der Waals surface area contributed by atoms with Crippen molar-refractivity contribution in [1.29, 1.82) is 0 Å². The molecule has 0 saturated carbocycles. The Labute approximate surface area is 119 Å². The molecule has 102 valence electrons. The van der Waals surface area contributed by atoms with Crippen molar-refractivity contribution >= 4 is 22.9 Å². The molecule has 1 aliphatic rings. The van der Waals surface area contributed by atoms with Gasteiger partial charge in [-0.15, -0.1) is 11.3 Å². The summed E-state index contributed by atoms with van der Waals surface area (Å²) in [4.78, 5) is 3.96. The van der Waals surface area contributed by atoms with E-state index in [-0.39, 0.29) is 0 Å². The van der Waals surface area contributed by atoms with Crippen molar-refractivity contribution in [3.05, 3.63) is 21.3 Å².